The molecule has 0 spiro atoms. The summed E-state index contributed by atoms with van der Waals surface area (Å²) in [6.45, 7) is 4.08. The van der Waals surface area contributed by atoms with E-state index in [-0.39, 0.29) is 11.2 Å². The summed E-state index contributed by atoms with van der Waals surface area (Å²) < 4.78 is 2.06. The lowest BCUT2D eigenvalue weighted by Crippen LogP contribution is -2.16. The van der Waals surface area contributed by atoms with Gasteiger partial charge in [0.15, 0.2) is 11.0 Å². The van der Waals surface area contributed by atoms with Gasteiger partial charge in [0.1, 0.15) is 5.82 Å². The molecule has 9 nitrogen and oxygen atoms in total. The Bertz CT molecular complexity index is 1190. The number of aromatic nitrogens is 7. The number of anilines is 2. The molecule has 158 valence electrons. The first-order chi connectivity index (χ1) is 14.9. The van der Waals surface area contributed by atoms with Crippen molar-refractivity contribution < 1.29 is 0 Å². The molecule has 0 bridgehead atoms. The standard InChI is InChI=1S/C21H23N9S/c1-13-7-5-6-8-16(13)30-18(15-9-11-23-12-10-15)27-28-21(30)31-14(2)17-24-19(22)26-20(25-17)29(3)4/h5-12,14H,1-4H3,(H2,22,24,25,26)/t14-/m1/s1. The van der Waals surface area contributed by atoms with E-state index in [9.17, 15) is 0 Å². The average molecular weight is 434 g/mol. The van der Waals surface area contributed by atoms with Crippen LogP contribution >= 0.6 is 11.8 Å². The normalized spacial score (nSPS) is 12.0. The fourth-order valence-electron chi connectivity index (χ4n) is 3.06. The Hall–Kier alpha value is -3.53. The van der Waals surface area contributed by atoms with Crippen LogP contribution in [0.15, 0.2) is 53.9 Å². The van der Waals surface area contributed by atoms with Crippen molar-refractivity contribution >= 4 is 23.7 Å². The highest BCUT2D eigenvalue weighted by atomic mass is 32.2. The van der Waals surface area contributed by atoms with Crippen molar-refractivity contribution in [1.29, 1.82) is 0 Å². The Morgan fingerprint density at radius 2 is 1.74 bits per heavy atom. The maximum absolute atomic E-state index is 5.91. The molecule has 0 aliphatic carbocycles. The van der Waals surface area contributed by atoms with E-state index in [1.54, 1.807) is 17.3 Å². The molecule has 10 heteroatoms. The zero-order valence-electron chi connectivity index (χ0n) is 17.8. The molecule has 1 atom stereocenters. The van der Waals surface area contributed by atoms with Gasteiger partial charge in [-0.15, -0.1) is 10.2 Å². The second-order valence-corrected chi connectivity index (χ2v) is 8.48. The second-order valence-electron chi connectivity index (χ2n) is 7.17. The number of pyridine rings is 1. The molecule has 3 heterocycles. The van der Waals surface area contributed by atoms with Crippen LogP contribution in [0.25, 0.3) is 17.1 Å². The van der Waals surface area contributed by atoms with Gasteiger partial charge in [-0.2, -0.15) is 15.0 Å². The lowest BCUT2D eigenvalue weighted by molar-refractivity contribution is 0.841. The molecule has 31 heavy (non-hydrogen) atoms. The van der Waals surface area contributed by atoms with E-state index in [0.29, 0.717) is 11.8 Å². The Morgan fingerprint density at radius 1 is 1.00 bits per heavy atom. The lowest BCUT2D eigenvalue weighted by Gasteiger charge is -2.16. The molecule has 0 saturated heterocycles. The first kappa shape index (κ1) is 20.7. The number of nitrogen functional groups attached to an aromatic ring is 1. The topological polar surface area (TPSA) is 112 Å². The van der Waals surface area contributed by atoms with Crippen molar-refractivity contribution in [2.24, 2.45) is 0 Å². The molecule has 4 rings (SSSR count). The Morgan fingerprint density at radius 3 is 2.45 bits per heavy atom. The summed E-state index contributed by atoms with van der Waals surface area (Å²) in [6, 6.07) is 12.0. The summed E-state index contributed by atoms with van der Waals surface area (Å²) in [4.78, 5) is 19.0. The van der Waals surface area contributed by atoms with Gasteiger partial charge in [-0.05, 0) is 37.6 Å². The maximum atomic E-state index is 5.91. The van der Waals surface area contributed by atoms with Gasteiger partial charge in [0.2, 0.25) is 11.9 Å². The zero-order chi connectivity index (χ0) is 22.0. The van der Waals surface area contributed by atoms with Crippen LogP contribution < -0.4 is 10.6 Å². The molecule has 0 aliphatic heterocycles. The molecule has 0 saturated carbocycles. The van der Waals surface area contributed by atoms with E-state index in [0.717, 1.165) is 27.8 Å². The largest absolute Gasteiger partial charge is 0.368 e. The molecule has 4 aromatic rings. The van der Waals surface area contributed by atoms with Gasteiger partial charge < -0.3 is 10.6 Å². The highest BCUT2D eigenvalue weighted by Crippen LogP contribution is 2.36. The second kappa shape index (κ2) is 8.68. The van der Waals surface area contributed by atoms with Crippen LogP contribution in [0, 0.1) is 6.92 Å². The van der Waals surface area contributed by atoms with Crippen LogP contribution in [0.1, 0.15) is 23.6 Å². The van der Waals surface area contributed by atoms with Crippen LogP contribution in [0.2, 0.25) is 0 Å². The highest BCUT2D eigenvalue weighted by Gasteiger charge is 2.22. The fourth-order valence-corrected chi connectivity index (χ4v) is 3.96. The van der Waals surface area contributed by atoms with Crippen molar-refractivity contribution in [1.82, 2.24) is 34.7 Å². The minimum absolute atomic E-state index is 0.124. The number of para-hydroxylation sites is 1. The van der Waals surface area contributed by atoms with E-state index in [4.69, 9.17) is 5.73 Å². The van der Waals surface area contributed by atoms with E-state index >= 15 is 0 Å². The summed E-state index contributed by atoms with van der Waals surface area (Å²) in [5.41, 5.74) is 8.98. The highest BCUT2D eigenvalue weighted by molar-refractivity contribution is 7.99. The number of hydrogen-bond acceptors (Lipinski definition) is 9. The molecule has 0 aliphatic rings. The molecular weight excluding hydrogens is 410 g/mol. The Balaban J connectivity index is 1.77. The van der Waals surface area contributed by atoms with Crippen LogP contribution in [0.4, 0.5) is 11.9 Å². The zero-order valence-corrected chi connectivity index (χ0v) is 18.6. The van der Waals surface area contributed by atoms with Crippen LogP contribution in [-0.4, -0.2) is 48.8 Å². The van der Waals surface area contributed by atoms with Gasteiger partial charge >= 0.3 is 0 Å². The summed E-state index contributed by atoms with van der Waals surface area (Å²) in [5.74, 6) is 2.05. The first-order valence-electron chi connectivity index (χ1n) is 9.71. The van der Waals surface area contributed by atoms with E-state index in [1.165, 1.54) is 11.8 Å². The number of hydrogen-bond donors (Lipinski definition) is 1. The van der Waals surface area contributed by atoms with Gasteiger partial charge in [-0.25, -0.2) is 0 Å². The van der Waals surface area contributed by atoms with E-state index in [1.807, 2.05) is 45.3 Å². The van der Waals surface area contributed by atoms with Crippen molar-refractivity contribution in [2.45, 2.75) is 24.3 Å². The van der Waals surface area contributed by atoms with Crippen LogP contribution in [-0.2, 0) is 0 Å². The molecule has 0 fully saturated rings. The molecular formula is C21H23N9S. The van der Waals surface area contributed by atoms with Crippen molar-refractivity contribution in [3.8, 4) is 17.1 Å². The number of nitrogens with zero attached hydrogens (tertiary/aromatic N) is 8. The average Bonchev–Trinajstić information content (AvgIpc) is 3.17. The summed E-state index contributed by atoms with van der Waals surface area (Å²) >= 11 is 1.52. The fraction of sp³-hybridized carbons (Fsp3) is 0.238. The Labute approximate surface area is 184 Å². The van der Waals surface area contributed by atoms with Gasteiger partial charge in [0.05, 0.1) is 10.9 Å². The third-order valence-corrected chi connectivity index (χ3v) is 5.67. The number of thioether (sulfide) groups is 1. The molecule has 2 N–H and O–H groups in total. The smallest absolute Gasteiger partial charge is 0.229 e. The number of nitrogens with two attached hydrogens (primary N) is 1. The van der Waals surface area contributed by atoms with Crippen molar-refractivity contribution in [2.75, 3.05) is 24.7 Å². The molecule has 0 amide bonds. The number of rotatable bonds is 6. The molecule has 0 unspecified atom stereocenters. The van der Waals surface area contributed by atoms with E-state index in [2.05, 4.69) is 53.8 Å². The first-order valence-corrected chi connectivity index (χ1v) is 10.6. The van der Waals surface area contributed by atoms with Gasteiger partial charge in [-0.1, -0.05) is 30.0 Å². The van der Waals surface area contributed by atoms with Gasteiger partial charge in [0, 0.05) is 32.1 Å². The van der Waals surface area contributed by atoms with Gasteiger partial charge in [0.25, 0.3) is 0 Å². The minimum atomic E-state index is -0.124. The lowest BCUT2D eigenvalue weighted by atomic mass is 10.2. The molecule has 1 aromatic carbocycles. The summed E-state index contributed by atoms with van der Waals surface area (Å²) in [5, 5.41) is 9.60. The summed E-state index contributed by atoms with van der Waals surface area (Å²) in [7, 11) is 3.73. The van der Waals surface area contributed by atoms with Crippen molar-refractivity contribution in [3.63, 3.8) is 0 Å². The SMILES string of the molecule is Cc1ccccc1-n1c(S[C@H](C)c2nc(N)nc(N(C)C)n2)nnc1-c1ccncc1. The predicted octanol–water partition coefficient (Wildman–Crippen LogP) is 3.32. The monoisotopic (exact) mass is 433 g/mol. The number of benzene rings is 1. The Kier molecular flexibility index (Phi) is 5.81. The van der Waals surface area contributed by atoms with Gasteiger partial charge in [-0.3, -0.25) is 9.55 Å². The quantitative estimate of drug-likeness (QED) is 0.458. The van der Waals surface area contributed by atoms with Crippen LogP contribution in [0.3, 0.4) is 0 Å². The predicted molar refractivity (Wildman–Crippen MR) is 122 cm³/mol. The van der Waals surface area contributed by atoms with Crippen LogP contribution in [0.5, 0.6) is 0 Å². The van der Waals surface area contributed by atoms with Crippen molar-refractivity contribution in [3.05, 3.63) is 60.2 Å². The third-order valence-electron chi connectivity index (χ3n) is 4.63. The minimum Gasteiger partial charge on any atom is -0.368 e. The number of aryl methyl sites for hydroxylation is 1. The summed E-state index contributed by atoms with van der Waals surface area (Å²) in [6.07, 6.45) is 3.50. The molecule has 0 radical (unpaired) electrons. The van der Waals surface area contributed by atoms with E-state index < -0.39 is 0 Å². The molecule has 3 aromatic heterocycles. The third kappa shape index (κ3) is 4.33. The maximum Gasteiger partial charge on any atom is 0.229 e.